The molecule has 0 bridgehead atoms. The van der Waals surface area contributed by atoms with Crippen molar-refractivity contribution in [2.75, 3.05) is 6.61 Å². The smallest absolute Gasteiger partial charge is 0.338 e. The molecule has 0 amide bonds. The molecular weight excluding hydrogens is 402 g/mol. The second kappa shape index (κ2) is 10.2. The molecule has 2 heterocycles. The van der Waals surface area contributed by atoms with Gasteiger partial charge in [0.1, 0.15) is 11.5 Å². The highest BCUT2D eigenvalue weighted by Gasteiger charge is 2.16. The molecule has 0 saturated heterocycles. The minimum absolute atomic E-state index is 0.238. The van der Waals surface area contributed by atoms with Gasteiger partial charge in [0.25, 0.3) is 0 Å². The lowest BCUT2D eigenvalue weighted by Gasteiger charge is -2.11. The second-order valence-corrected chi connectivity index (χ2v) is 7.21. The van der Waals surface area contributed by atoms with Crippen LogP contribution in [0, 0.1) is 0 Å². The first-order chi connectivity index (χ1) is 14.6. The highest BCUT2D eigenvalue weighted by atomic mass is 35.5. The molecule has 0 N–H and O–H groups in total. The summed E-state index contributed by atoms with van der Waals surface area (Å²) < 4.78 is 7.01. The second-order valence-electron chi connectivity index (χ2n) is 6.85. The maximum absolute atomic E-state index is 12.2. The summed E-state index contributed by atoms with van der Waals surface area (Å²) in [5.74, 6) is 0.438. The van der Waals surface area contributed by atoms with Crippen molar-refractivity contribution < 1.29 is 14.3 Å². The molecule has 30 heavy (non-hydrogen) atoms. The molecule has 0 unspecified atom stereocenters. The van der Waals surface area contributed by atoms with Gasteiger partial charge < -0.3 is 9.30 Å². The number of carbonyl (C=O) groups is 2. The summed E-state index contributed by atoms with van der Waals surface area (Å²) in [6, 6.07) is 9.44. The molecule has 0 spiro atoms. The van der Waals surface area contributed by atoms with Crippen molar-refractivity contribution in [2.45, 2.75) is 39.7 Å². The van der Waals surface area contributed by atoms with Crippen molar-refractivity contribution in [2.24, 2.45) is 0 Å². The summed E-state index contributed by atoms with van der Waals surface area (Å²) in [5.41, 5.74) is 3.44. The third-order valence-corrected chi connectivity index (χ3v) is 5.11. The zero-order chi connectivity index (χ0) is 21.5. The molecule has 1 aromatic carbocycles. The zero-order valence-corrected chi connectivity index (χ0v) is 17.9. The summed E-state index contributed by atoms with van der Waals surface area (Å²) >= 11 is 6.16. The zero-order valence-electron chi connectivity index (χ0n) is 17.1. The number of nitrogens with zero attached hydrogens (tertiary/aromatic N) is 3. The van der Waals surface area contributed by atoms with Crippen LogP contribution in [0.3, 0.4) is 0 Å². The predicted molar refractivity (Wildman–Crippen MR) is 116 cm³/mol. The number of halogens is 1. The summed E-state index contributed by atoms with van der Waals surface area (Å²) in [5, 5.41) is 0.238. The molecule has 0 fully saturated rings. The number of pyridine rings is 1. The average molecular weight is 426 g/mol. The van der Waals surface area contributed by atoms with Crippen molar-refractivity contribution in [3.05, 3.63) is 70.5 Å². The Labute approximate surface area is 180 Å². The Morgan fingerprint density at radius 2 is 1.97 bits per heavy atom. The van der Waals surface area contributed by atoms with Crippen molar-refractivity contribution in [1.29, 1.82) is 0 Å². The minimum Gasteiger partial charge on any atom is -0.462 e. The van der Waals surface area contributed by atoms with E-state index in [0.29, 0.717) is 30.0 Å². The summed E-state index contributed by atoms with van der Waals surface area (Å²) in [7, 11) is 0. The van der Waals surface area contributed by atoms with Crippen LogP contribution in [0.2, 0.25) is 5.15 Å². The largest absolute Gasteiger partial charge is 0.462 e. The molecule has 0 aliphatic rings. The lowest BCUT2D eigenvalue weighted by Crippen LogP contribution is -2.09. The molecule has 0 atom stereocenters. The Hall–Kier alpha value is -2.99. The molecule has 0 radical (unpaired) electrons. The summed E-state index contributed by atoms with van der Waals surface area (Å²) in [6.07, 6.45) is 6.75. The van der Waals surface area contributed by atoms with E-state index in [1.54, 1.807) is 25.4 Å². The third-order valence-electron chi connectivity index (χ3n) is 4.83. The van der Waals surface area contributed by atoms with E-state index in [2.05, 4.69) is 16.9 Å². The number of benzene rings is 1. The highest BCUT2D eigenvalue weighted by Crippen LogP contribution is 2.25. The van der Waals surface area contributed by atoms with Crippen molar-refractivity contribution in [1.82, 2.24) is 14.5 Å². The van der Waals surface area contributed by atoms with Gasteiger partial charge in [-0.3, -0.25) is 9.78 Å². The number of ether oxygens (including phenoxy) is 1. The van der Waals surface area contributed by atoms with Crippen LogP contribution in [0.25, 0.3) is 11.1 Å². The van der Waals surface area contributed by atoms with E-state index < -0.39 is 0 Å². The van der Waals surface area contributed by atoms with Crippen LogP contribution in [0.15, 0.2) is 42.7 Å². The molecular formula is C23H24ClN3O3. The molecule has 156 valence electrons. The quantitative estimate of drug-likeness (QED) is 0.357. The number of aldehydes is 1. The van der Waals surface area contributed by atoms with E-state index in [9.17, 15) is 9.59 Å². The van der Waals surface area contributed by atoms with Gasteiger partial charge in [0.15, 0.2) is 11.4 Å². The molecule has 0 aliphatic heterocycles. The van der Waals surface area contributed by atoms with Gasteiger partial charge in [-0.25, -0.2) is 9.78 Å². The number of carbonyl (C=O) groups excluding carboxylic acids is 2. The Kier molecular flexibility index (Phi) is 7.36. The van der Waals surface area contributed by atoms with Crippen molar-refractivity contribution in [3.8, 4) is 11.1 Å². The lowest BCUT2D eigenvalue weighted by molar-refractivity contribution is 0.0527. The van der Waals surface area contributed by atoms with E-state index in [1.807, 2.05) is 28.8 Å². The molecule has 2 aromatic heterocycles. The van der Waals surface area contributed by atoms with Crippen LogP contribution in [0.1, 0.15) is 58.9 Å². The maximum atomic E-state index is 12.2. The summed E-state index contributed by atoms with van der Waals surface area (Å²) in [6.45, 7) is 4.69. The SMILES string of the molecule is CCCCc1nc(Cl)c(C=O)n1Cc1ccc(-c2cnccc2C(=O)OCC)cc1. The van der Waals surface area contributed by atoms with E-state index in [0.717, 1.165) is 42.5 Å². The predicted octanol–water partition coefficient (Wildman–Crippen LogP) is 4.98. The van der Waals surface area contributed by atoms with Crippen LogP contribution < -0.4 is 0 Å². The standard InChI is InChI=1S/C23H24ClN3O3/c1-3-5-6-21-26-22(24)20(15-28)27(21)14-16-7-9-17(10-8-16)19-13-25-12-11-18(19)23(29)30-4-2/h7-13,15H,3-6,14H2,1-2H3. The highest BCUT2D eigenvalue weighted by molar-refractivity contribution is 6.31. The van der Waals surface area contributed by atoms with Crippen molar-refractivity contribution in [3.63, 3.8) is 0 Å². The average Bonchev–Trinajstić information content (AvgIpc) is 3.06. The Morgan fingerprint density at radius 1 is 1.20 bits per heavy atom. The lowest BCUT2D eigenvalue weighted by atomic mass is 10.0. The van der Waals surface area contributed by atoms with Gasteiger partial charge in [0, 0.05) is 30.9 Å². The normalized spacial score (nSPS) is 10.8. The molecule has 3 aromatic rings. The Bertz CT molecular complexity index is 1030. The van der Waals surface area contributed by atoms with Gasteiger partial charge in [0.2, 0.25) is 0 Å². The fourth-order valence-corrected chi connectivity index (χ4v) is 3.52. The number of aryl methyl sites for hydroxylation is 1. The van der Waals surface area contributed by atoms with Gasteiger partial charge >= 0.3 is 5.97 Å². The number of rotatable bonds is 9. The minimum atomic E-state index is -0.372. The van der Waals surface area contributed by atoms with Crippen LogP contribution in [0.5, 0.6) is 0 Å². The first-order valence-corrected chi connectivity index (χ1v) is 10.4. The molecule has 3 rings (SSSR count). The number of unbranched alkanes of at least 4 members (excludes halogenated alkanes) is 1. The number of hydrogen-bond donors (Lipinski definition) is 0. The van der Waals surface area contributed by atoms with Crippen LogP contribution in [-0.2, 0) is 17.7 Å². The molecule has 0 saturated carbocycles. The van der Waals surface area contributed by atoms with Gasteiger partial charge in [-0.15, -0.1) is 0 Å². The molecule has 6 nitrogen and oxygen atoms in total. The topological polar surface area (TPSA) is 74.1 Å². The van der Waals surface area contributed by atoms with E-state index in [4.69, 9.17) is 16.3 Å². The van der Waals surface area contributed by atoms with Gasteiger partial charge in [-0.05, 0) is 30.5 Å². The van der Waals surface area contributed by atoms with Gasteiger partial charge in [0.05, 0.1) is 12.2 Å². The fraction of sp³-hybridized carbons (Fsp3) is 0.304. The number of esters is 1. The Balaban J connectivity index is 1.88. The van der Waals surface area contributed by atoms with E-state index in [1.165, 1.54) is 0 Å². The van der Waals surface area contributed by atoms with Crippen molar-refractivity contribution >= 4 is 23.9 Å². The van der Waals surface area contributed by atoms with Gasteiger partial charge in [-0.1, -0.05) is 49.2 Å². The van der Waals surface area contributed by atoms with Crippen LogP contribution in [0.4, 0.5) is 0 Å². The maximum Gasteiger partial charge on any atom is 0.338 e. The number of aromatic nitrogens is 3. The monoisotopic (exact) mass is 425 g/mol. The third kappa shape index (κ3) is 4.76. The number of hydrogen-bond acceptors (Lipinski definition) is 5. The number of imidazole rings is 1. The Morgan fingerprint density at radius 3 is 2.63 bits per heavy atom. The first-order valence-electron chi connectivity index (χ1n) is 9.99. The van der Waals surface area contributed by atoms with Crippen LogP contribution >= 0.6 is 11.6 Å². The van der Waals surface area contributed by atoms with E-state index >= 15 is 0 Å². The molecule has 7 heteroatoms. The first kappa shape index (κ1) is 21.7. The van der Waals surface area contributed by atoms with E-state index in [-0.39, 0.29) is 11.1 Å². The van der Waals surface area contributed by atoms with Crippen LogP contribution in [-0.4, -0.2) is 33.4 Å². The van der Waals surface area contributed by atoms with Gasteiger partial charge in [-0.2, -0.15) is 0 Å². The summed E-state index contributed by atoms with van der Waals surface area (Å²) in [4.78, 5) is 32.3. The molecule has 0 aliphatic carbocycles. The fourth-order valence-electron chi connectivity index (χ4n) is 3.28.